The number of carbonyl (C=O) groups is 3. The second-order valence-corrected chi connectivity index (χ2v) is 12.1. The summed E-state index contributed by atoms with van der Waals surface area (Å²) in [5.41, 5.74) is -0.00158. The van der Waals surface area contributed by atoms with E-state index in [0.717, 1.165) is 42.5 Å². The Morgan fingerprint density at radius 3 is 2.83 bits per heavy atom. The largest absolute Gasteiger partial charge is 0.497 e. The molecule has 4 heterocycles. The molecule has 3 aliphatic rings. The van der Waals surface area contributed by atoms with Crippen molar-refractivity contribution in [3.8, 4) is 22.2 Å². The van der Waals surface area contributed by atoms with Crippen molar-refractivity contribution in [1.29, 1.82) is 0 Å². The zero-order chi connectivity index (χ0) is 29.3. The molecule has 6 rings (SSSR count). The van der Waals surface area contributed by atoms with Crippen LogP contribution in [-0.2, 0) is 14.4 Å². The van der Waals surface area contributed by atoms with E-state index in [1.54, 1.807) is 18.2 Å². The zero-order valence-electron chi connectivity index (χ0n) is 23.5. The van der Waals surface area contributed by atoms with Gasteiger partial charge in [-0.1, -0.05) is 25.0 Å². The molecule has 2 aliphatic heterocycles. The number of carboxylic acids is 1. The first-order chi connectivity index (χ1) is 20.4. The van der Waals surface area contributed by atoms with Gasteiger partial charge in [0.1, 0.15) is 39.9 Å². The summed E-state index contributed by atoms with van der Waals surface area (Å²) in [5, 5.41) is 16.2. The van der Waals surface area contributed by atoms with E-state index in [2.05, 4.69) is 10.3 Å². The predicted octanol–water partition coefficient (Wildman–Crippen LogP) is 4.59. The predicted molar refractivity (Wildman–Crippen MR) is 157 cm³/mol. The van der Waals surface area contributed by atoms with Crippen LogP contribution in [0.3, 0.4) is 0 Å². The summed E-state index contributed by atoms with van der Waals surface area (Å²) in [4.78, 5) is 50.1. The fraction of sp³-hybridized carbons (Fsp3) is 0.452. The zero-order valence-corrected chi connectivity index (χ0v) is 24.3. The fourth-order valence-electron chi connectivity index (χ4n) is 6.01. The molecule has 4 atom stereocenters. The van der Waals surface area contributed by atoms with Crippen molar-refractivity contribution in [2.75, 3.05) is 13.7 Å². The lowest BCUT2D eigenvalue weighted by atomic mass is 10.1. The number of carbonyl (C=O) groups excluding carboxylic acids is 2. The summed E-state index contributed by atoms with van der Waals surface area (Å²) in [6, 6.07) is 6.57. The Balaban J connectivity index is 1.29. The first kappa shape index (κ1) is 28.1. The number of methoxy groups -OCH3 is 1. The van der Waals surface area contributed by atoms with Gasteiger partial charge in [-0.3, -0.25) is 9.59 Å². The highest BCUT2D eigenvalue weighted by Gasteiger charge is 2.61. The summed E-state index contributed by atoms with van der Waals surface area (Å²) in [6.07, 6.45) is 10.6. The highest BCUT2D eigenvalue weighted by atomic mass is 32.1. The lowest BCUT2D eigenvalue weighted by Gasteiger charge is -2.25. The third-order valence-electron chi connectivity index (χ3n) is 8.43. The number of carboxylic acid groups (broad SMARTS) is 1. The van der Waals surface area contributed by atoms with Gasteiger partial charge >= 0.3 is 5.97 Å². The maximum Gasteiger partial charge on any atom is 0.330 e. The average molecular weight is 591 g/mol. The molecule has 2 N–H and O–H groups in total. The number of hydrogen-bond acceptors (Lipinski definition) is 8. The van der Waals surface area contributed by atoms with Crippen molar-refractivity contribution < 1.29 is 29.0 Å². The Kier molecular flexibility index (Phi) is 7.85. The lowest BCUT2D eigenvalue weighted by molar-refractivity contribution is -0.145. The first-order valence-electron chi connectivity index (χ1n) is 14.4. The number of amides is 2. The Labute approximate surface area is 247 Å². The highest BCUT2D eigenvalue weighted by molar-refractivity contribution is 7.13. The van der Waals surface area contributed by atoms with E-state index in [1.165, 1.54) is 11.3 Å². The Morgan fingerprint density at radius 1 is 1.19 bits per heavy atom. The van der Waals surface area contributed by atoms with Crippen LogP contribution in [0.15, 0.2) is 48.0 Å². The smallest absolute Gasteiger partial charge is 0.330 e. The van der Waals surface area contributed by atoms with Crippen LogP contribution in [0.2, 0.25) is 0 Å². The molecule has 1 aliphatic carbocycles. The summed E-state index contributed by atoms with van der Waals surface area (Å²) >= 11 is 1.47. The van der Waals surface area contributed by atoms with Crippen LogP contribution in [0.4, 0.5) is 0 Å². The first-order valence-corrected chi connectivity index (χ1v) is 15.3. The van der Waals surface area contributed by atoms with Crippen LogP contribution in [0.1, 0.15) is 51.4 Å². The molecule has 11 heteroatoms. The number of fused-ring (bicyclic) bond motifs is 3. The van der Waals surface area contributed by atoms with Gasteiger partial charge in [-0.15, -0.1) is 11.3 Å². The summed E-state index contributed by atoms with van der Waals surface area (Å²) < 4.78 is 12.0. The maximum absolute atomic E-state index is 13.6. The van der Waals surface area contributed by atoms with Crippen molar-refractivity contribution in [3.63, 3.8) is 0 Å². The number of rotatable bonds is 5. The minimum Gasteiger partial charge on any atom is -0.497 e. The monoisotopic (exact) mass is 590 g/mol. The molecular weight excluding hydrogens is 556 g/mol. The molecule has 1 saturated carbocycles. The van der Waals surface area contributed by atoms with E-state index in [0.29, 0.717) is 35.6 Å². The number of nitrogens with zero attached hydrogens (tertiary/aromatic N) is 3. The van der Waals surface area contributed by atoms with Gasteiger partial charge in [0, 0.05) is 47.9 Å². The van der Waals surface area contributed by atoms with Crippen LogP contribution in [0.5, 0.6) is 11.5 Å². The number of thiazole rings is 1. The molecule has 0 spiro atoms. The van der Waals surface area contributed by atoms with Crippen LogP contribution >= 0.6 is 11.3 Å². The number of benzene rings is 1. The van der Waals surface area contributed by atoms with E-state index in [1.807, 2.05) is 41.8 Å². The Bertz CT molecular complexity index is 1530. The second kappa shape index (κ2) is 11.7. The topological polar surface area (TPSA) is 131 Å². The number of aromatic nitrogens is 2. The molecule has 0 bridgehead atoms. The van der Waals surface area contributed by atoms with Gasteiger partial charge < -0.3 is 24.8 Å². The molecule has 1 saturated heterocycles. The van der Waals surface area contributed by atoms with Gasteiger partial charge in [0.25, 0.3) is 0 Å². The van der Waals surface area contributed by atoms with Crippen molar-refractivity contribution >= 4 is 40.0 Å². The van der Waals surface area contributed by atoms with E-state index < -0.39 is 29.6 Å². The highest BCUT2D eigenvalue weighted by Crippen LogP contribution is 2.45. The van der Waals surface area contributed by atoms with Crippen LogP contribution in [0, 0.1) is 5.92 Å². The van der Waals surface area contributed by atoms with E-state index >= 15 is 0 Å². The lowest BCUT2D eigenvalue weighted by Crippen LogP contribution is -2.53. The van der Waals surface area contributed by atoms with E-state index in [9.17, 15) is 19.5 Å². The Hall–Kier alpha value is -3.99. The molecule has 3 aromatic rings. The standard InChI is InChI=1S/C31H34N4O6S/c1-40-20-10-11-22-23(14-20)33-24(29-32-12-13-42-29)16-26(22)41-21-15-25-28(37)34-31(30(38)39)17-19(31)8-6-4-2-3-5-7-9-27(36)35(25)18-21/h6,8,10-14,16,19,21,25H,2-5,7,9,15,17-18H2,1H3,(H,34,37)(H,38,39)/t19-,21-,25+,31-/m1/s1. The van der Waals surface area contributed by atoms with Crippen LogP contribution in [-0.4, -0.2) is 69.1 Å². The second-order valence-electron chi connectivity index (χ2n) is 11.2. The van der Waals surface area contributed by atoms with Crippen molar-refractivity contribution in [2.45, 2.75) is 69.1 Å². The van der Waals surface area contributed by atoms with Crippen LogP contribution < -0.4 is 14.8 Å². The molecule has 42 heavy (non-hydrogen) atoms. The van der Waals surface area contributed by atoms with Gasteiger partial charge in [-0.25, -0.2) is 14.8 Å². The van der Waals surface area contributed by atoms with Gasteiger partial charge in [-0.05, 0) is 37.8 Å². The molecule has 2 fully saturated rings. The summed E-state index contributed by atoms with van der Waals surface area (Å²) in [5.74, 6) is -0.637. The molecule has 2 aromatic heterocycles. The number of aliphatic carboxylic acids is 1. The quantitative estimate of drug-likeness (QED) is 0.413. The fourth-order valence-corrected chi connectivity index (χ4v) is 6.61. The third kappa shape index (κ3) is 5.57. The molecule has 2 amide bonds. The molecule has 0 unspecified atom stereocenters. The number of nitrogens with one attached hydrogen (secondary N) is 1. The minimum atomic E-state index is -1.33. The molecule has 220 valence electrons. The SMILES string of the molecule is COc1ccc2c(O[C@@H]3C[C@H]4C(=O)N[C@]5(C(=O)O)C[C@H]5C=CCCCCCCC(=O)N4C3)cc(-c3nccs3)nc2c1. The van der Waals surface area contributed by atoms with Crippen molar-refractivity contribution in [2.24, 2.45) is 5.92 Å². The maximum atomic E-state index is 13.6. The van der Waals surface area contributed by atoms with Crippen molar-refractivity contribution in [1.82, 2.24) is 20.2 Å². The normalized spacial score (nSPS) is 26.5. The van der Waals surface area contributed by atoms with Gasteiger partial charge in [0.2, 0.25) is 11.8 Å². The molecule has 1 aromatic carbocycles. The summed E-state index contributed by atoms with van der Waals surface area (Å²) in [6.45, 7) is 0.229. The third-order valence-corrected chi connectivity index (χ3v) is 9.23. The number of allylic oxidation sites excluding steroid dienone is 1. The van der Waals surface area contributed by atoms with E-state index in [4.69, 9.17) is 14.5 Å². The number of pyridine rings is 1. The van der Waals surface area contributed by atoms with E-state index in [-0.39, 0.29) is 24.8 Å². The minimum absolute atomic E-state index is 0.112. The van der Waals surface area contributed by atoms with Gasteiger partial charge in [0.15, 0.2) is 0 Å². The summed E-state index contributed by atoms with van der Waals surface area (Å²) in [7, 11) is 1.60. The number of ether oxygens (including phenoxy) is 2. The molecule has 0 radical (unpaired) electrons. The molecular formula is C31H34N4O6S. The van der Waals surface area contributed by atoms with Crippen LogP contribution in [0.25, 0.3) is 21.6 Å². The average Bonchev–Trinajstić information content (AvgIpc) is 3.31. The van der Waals surface area contributed by atoms with Gasteiger partial charge in [-0.2, -0.15) is 0 Å². The Morgan fingerprint density at radius 2 is 2.05 bits per heavy atom. The number of hydrogen-bond donors (Lipinski definition) is 2. The van der Waals surface area contributed by atoms with Gasteiger partial charge in [0.05, 0.1) is 19.2 Å². The van der Waals surface area contributed by atoms with Crippen molar-refractivity contribution in [3.05, 3.63) is 48.0 Å². The molecule has 10 nitrogen and oxygen atoms in total.